The van der Waals surface area contributed by atoms with Crippen molar-refractivity contribution < 1.29 is 24.4 Å². The number of rotatable bonds is 9. The normalized spacial score (nSPS) is 10.5. The summed E-state index contributed by atoms with van der Waals surface area (Å²) in [6, 6.07) is 10.1. The monoisotopic (exact) mass is 418 g/mol. The fourth-order valence-corrected chi connectivity index (χ4v) is 4.01. The van der Waals surface area contributed by atoms with Gasteiger partial charge in [0.15, 0.2) is 6.54 Å². The van der Waals surface area contributed by atoms with Gasteiger partial charge < -0.3 is 20.3 Å². The van der Waals surface area contributed by atoms with Crippen LogP contribution in [0.2, 0.25) is 0 Å². The molecule has 0 saturated heterocycles. The summed E-state index contributed by atoms with van der Waals surface area (Å²) in [4.78, 5) is 39.1. The number of hydrogen-bond acceptors (Lipinski definition) is 5. The van der Waals surface area contributed by atoms with Gasteiger partial charge in [-0.1, -0.05) is 30.3 Å². The molecule has 0 aliphatic rings. The van der Waals surface area contributed by atoms with Crippen molar-refractivity contribution in [1.29, 1.82) is 0 Å². The van der Waals surface area contributed by atoms with Crippen LogP contribution in [0.15, 0.2) is 30.3 Å². The van der Waals surface area contributed by atoms with E-state index < -0.39 is 5.97 Å². The highest BCUT2D eigenvalue weighted by Gasteiger charge is 2.27. The largest absolute Gasteiger partial charge is 0.462 e. The third-order valence-corrected chi connectivity index (χ3v) is 5.48. The van der Waals surface area contributed by atoms with Crippen LogP contribution in [-0.4, -0.2) is 56.5 Å². The van der Waals surface area contributed by atoms with Gasteiger partial charge >= 0.3 is 5.97 Å². The molecule has 0 unspecified atom stereocenters. The van der Waals surface area contributed by atoms with E-state index in [0.29, 0.717) is 15.4 Å². The Morgan fingerprint density at radius 2 is 1.86 bits per heavy atom. The van der Waals surface area contributed by atoms with Gasteiger partial charge in [0.2, 0.25) is 0 Å². The predicted molar refractivity (Wildman–Crippen MR) is 113 cm³/mol. The van der Waals surface area contributed by atoms with Crippen LogP contribution in [0.5, 0.6) is 0 Å². The molecule has 29 heavy (non-hydrogen) atoms. The number of nitrogens with zero attached hydrogens (tertiary/aromatic N) is 1. The smallest absolute Gasteiger partial charge is 0.341 e. The zero-order chi connectivity index (χ0) is 21.4. The maximum Gasteiger partial charge on any atom is 0.341 e. The lowest BCUT2D eigenvalue weighted by Crippen LogP contribution is -2.86. The van der Waals surface area contributed by atoms with Crippen molar-refractivity contribution in [2.45, 2.75) is 20.3 Å². The topological polar surface area (TPSA) is 92.3 Å². The van der Waals surface area contributed by atoms with Crippen molar-refractivity contribution in [1.82, 2.24) is 4.90 Å². The average molecular weight is 419 g/mol. The SMILES string of the molecule is CCOC(=O)c1c(NC(=O)C[NH2+]CCc2ccccc2)sc(C(=O)N(C)C)c1C. The summed E-state index contributed by atoms with van der Waals surface area (Å²) < 4.78 is 5.12. The number of quaternary nitrogens is 1. The molecule has 2 rings (SSSR count). The number of thiophene rings is 1. The van der Waals surface area contributed by atoms with E-state index in [2.05, 4.69) is 17.4 Å². The molecule has 8 heteroatoms. The summed E-state index contributed by atoms with van der Waals surface area (Å²) in [7, 11) is 3.29. The Kier molecular flexibility index (Phi) is 8.35. The Balaban J connectivity index is 2.05. The maximum atomic E-state index is 12.4. The first-order chi connectivity index (χ1) is 13.8. The first-order valence-electron chi connectivity index (χ1n) is 9.52. The Labute approximate surface area is 175 Å². The molecule has 1 heterocycles. The zero-order valence-corrected chi connectivity index (χ0v) is 18.1. The minimum absolute atomic E-state index is 0.214. The molecule has 0 aliphatic carbocycles. The Morgan fingerprint density at radius 3 is 2.48 bits per heavy atom. The van der Waals surface area contributed by atoms with Crippen molar-refractivity contribution in [2.75, 3.05) is 39.1 Å². The second-order valence-electron chi connectivity index (χ2n) is 6.75. The highest BCUT2D eigenvalue weighted by molar-refractivity contribution is 7.18. The summed E-state index contributed by atoms with van der Waals surface area (Å²) in [6.45, 7) is 4.62. The lowest BCUT2D eigenvalue weighted by atomic mass is 10.1. The number of nitrogens with one attached hydrogen (secondary N) is 1. The number of carbonyl (C=O) groups is 3. The number of ether oxygens (including phenoxy) is 1. The van der Waals surface area contributed by atoms with Crippen LogP contribution in [0.25, 0.3) is 0 Å². The van der Waals surface area contributed by atoms with Gasteiger partial charge in [-0.15, -0.1) is 11.3 Å². The first-order valence-corrected chi connectivity index (χ1v) is 10.3. The number of anilines is 1. The number of hydrogen-bond donors (Lipinski definition) is 2. The molecule has 0 spiro atoms. The van der Waals surface area contributed by atoms with E-state index in [1.165, 1.54) is 10.5 Å². The van der Waals surface area contributed by atoms with Gasteiger partial charge in [-0.3, -0.25) is 9.59 Å². The number of benzene rings is 1. The van der Waals surface area contributed by atoms with Gasteiger partial charge in [-0.25, -0.2) is 4.79 Å². The second kappa shape index (κ2) is 10.7. The van der Waals surface area contributed by atoms with Gasteiger partial charge in [-0.2, -0.15) is 0 Å². The molecule has 2 amide bonds. The fourth-order valence-electron chi connectivity index (χ4n) is 2.78. The van der Waals surface area contributed by atoms with E-state index >= 15 is 0 Å². The van der Waals surface area contributed by atoms with Crippen LogP contribution in [0.1, 0.15) is 38.1 Å². The zero-order valence-electron chi connectivity index (χ0n) is 17.3. The Hall–Kier alpha value is -2.71. The van der Waals surface area contributed by atoms with Crippen LogP contribution in [0, 0.1) is 6.92 Å². The lowest BCUT2D eigenvalue weighted by Gasteiger charge is -2.09. The summed E-state index contributed by atoms with van der Waals surface area (Å²) in [5, 5.41) is 5.05. The van der Waals surface area contributed by atoms with Crippen LogP contribution < -0.4 is 10.6 Å². The van der Waals surface area contributed by atoms with Gasteiger partial charge in [0.1, 0.15) is 5.00 Å². The van der Waals surface area contributed by atoms with E-state index in [0.717, 1.165) is 24.3 Å². The molecule has 7 nitrogen and oxygen atoms in total. The van der Waals surface area contributed by atoms with Crippen LogP contribution in [0.4, 0.5) is 5.00 Å². The molecule has 1 aromatic carbocycles. The number of nitrogens with two attached hydrogens (primary N) is 1. The third kappa shape index (κ3) is 6.13. The summed E-state index contributed by atoms with van der Waals surface area (Å²) >= 11 is 1.10. The second-order valence-corrected chi connectivity index (χ2v) is 7.77. The molecule has 0 atom stereocenters. The van der Waals surface area contributed by atoms with Crippen molar-refractivity contribution in [3.05, 3.63) is 51.9 Å². The van der Waals surface area contributed by atoms with Crippen LogP contribution >= 0.6 is 11.3 Å². The molecule has 0 saturated carbocycles. The van der Waals surface area contributed by atoms with E-state index in [9.17, 15) is 14.4 Å². The third-order valence-electron chi connectivity index (χ3n) is 4.29. The molecule has 1 aromatic heterocycles. The van der Waals surface area contributed by atoms with Gasteiger partial charge in [0.25, 0.3) is 11.8 Å². The van der Waals surface area contributed by atoms with E-state index in [4.69, 9.17) is 4.74 Å². The van der Waals surface area contributed by atoms with Gasteiger partial charge in [0, 0.05) is 20.5 Å². The van der Waals surface area contributed by atoms with Crippen LogP contribution in [-0.2, 0) is 16.0 Å². The Bertz CT molecular complexity index is 862. The Morgan fingerprint density at radius 1 is 1.17 bits per heavy atom. The van der Waals surface area contributed by atoms with Crippen molar-refractivity contribution in [2.24, 2.45) is 0 Å². The van der Waals surface area contributed by atoms with Crippen molar-refractivity contribution in [3.8, 4) is 0 Å². The van der Waals surface area contributed by atoms with E-state index in [1.807, 2.05) is 23.5 Å². The molecule has 3 N–H and O–H groups in total. The highest BCUT2D eigenvalue weighted by atomic mass is 32.1. The van der Waals surface area contributed by atoms with Gasteiger partial charge in [-0.05, 0) is 25.0 Å². The highest BCUT2D eigenvalue weighted by Crippen LogP contribution is 2.34. The number of amides is 2. The molecule has 0 fully saturated rings. The summed E-state index contributed by atoms with van der Waals surface area (Å²) in [6.07, 6.45) is 0.863. The maximum absolute atomic E-state index is 12.4. The molecule has 2 aromatic rings. The van der Waals surface area contributed by atoms with Crippen LogP contribution in [0.3, 0.4) is 0 Å². The summed E-state index contributed by atoms with van der Waals surface area (Å²) in [5.74, 6) is -0.982. The molecule has 156 valence electrons. The lowest BCUT2D eigenvalue weighted by molar-refractivity contribution is -0.643. The fraction of sp³-hybridized carbons (Fsp3) is 0.381. The standard InChI is InChI=1S/C21H27N3O4S/c1-5-28-21(27)17-14(2)18(20(26)24(3)4)29-19(17)23-16(25)13-22-12-11-15-9-7-6-8-10-15/h6-10,22H,5,11-13H2,1-4H3,(H,23,25)/p+1. The predicted octanol–water partition coefficient (Wildman–Crippen LogP) is 1.68. The molecular formula is C21H28N3O4S+. The van der Waals surface area contributed by atoms with E-state index in [1.54, 1.807) is 27.9 Å². The van der Waals surface area contributed by atoms with Crippen molar-refractivity contribution in [3.63, 3.8) is 0 Å². The molecule has 0 bridgehead atoms. The number of carbonyl (C=O) groups excluding carboxylic acids is 3. The minimum Gasteiger partial charge on any atom is -0.462 e. The molecule has 0 aliphatic heterocycles. The first kappa shape index (κ1) is 22.6. The summed E-state index contributed by atoms with van der Waals surface area (Å²) in [5.41, 5.74) is 1.99. The average Bonchev–Trinajstić information content (AvgIpc) is 3.01. The molecular weight excluding hydrogens is 390 g/mol. The molecule has 0 radical (unpaired) electrons. The quantitative estimate of drug-likeness (QED) is 0.479. The van der Waals surface area contributed by atoms with Gasteiger partial charge in [0.05, 0.1) is 23.6 Å². The van der Waals surface area contributed by atoms with E-state index in [-0.39, 0.29) is 30.5 Å². The number of esters is 1. The van der Waals surface area contributed by atoms with Crippen molar-refractivity contribution >= 4 is 34.1 Å². The minimum atomic E-state index is -0.539.